The average molecular weight is 659 g/mol. The summed E-state index contributed by atoms with van der Waals surface area (Å²) in [6.07, 6.45) is 1.15. The van der Waals surface area contributed by atoms with Crippen LogP contribution in [0.5, 0.6) is 0 Å². The third kappa shape index (κ3) is 7.36. The van der Waals surface area contributed by atoms with Crippen LogP contribution >= 0.6 is 11.6 Å². The lowest BCUT2D eigenvalue weighted by Crippen LogP contribution is -2.57. The summed E-state index contributed by atoms with van der Waals surface area (Å²) in [5.41, 5.74) is 4.11. The van der Waals surface area contributed by atoms with E-state index >= 15 is 0 Å². The predicted octanol–water partition coefficient (Wildman–Crippen LogP) is 6.38. The highest BCUT2D eigenvalue weighted by Gasteiger charge is 2.41. The minimum atomic E-state index is -0.935. The number of carbonyl (C=O) groups is 4. The van der Waals surface area contributed by atoms with Crippen LogP contribution in [-0.2, 0) is 9.59 Å². The zero-order chi connectivity index (χ0) is 34.0. The lowest BCUT2D eigenvalue weighted by atomic mass is 9.85. The maximum absolute atomic E-state index is 14.2. The number of aryl methyl sites for hydroxylation is 2. The number of carboxylic acid groups (broad SMARTS) is 1. The van der Waals surface area contributed by atoms with Gasteiger partial charge in [-0.2, -0.15) is 0 Å². The number of hydrogen-bond donors (Lipinski definition) is 2. The van der Waals surface area contributed by atoms with Crippen molar-refractivity contribution in [1.29, 1.82) is 0 Å². The molecule has 3 aromatic carbocycles. The van der Waals surface area contributed by atoms with E-state index in [1.54, 1.807) is 47.4 Å². The summed E-state index contributed by atoms with van der Waals surface area (Å²) >= 11 is 6.50. The number of benzene rings is 3. The van der Waals surface area contributed by atoms with Crippen molar-refractivity contribution in [2.75, 3.05) is 42.9 Å². The molecule has 0 spiro atoms. The smallest absolute Gasteiger partial charge is 0.321 e. The molecule has 10 heteroatoms. The zero-order valence-corrected chi connectivity index (χ0v) is 28.4. The number of rotatable bonds is 6. The number of anilines is 2. The monoisotopic (exact) mass is 658 g/mol. The third-order valence-corrected chi connectivity index (χ3v) is 9.43. The highest BCUT2D eigenvalue weighted by atomic mass is 35.5. The molecule has 248 valence electrons. The number of halogens is 1. The Bertz CT molecular complexity index is 1690. The molecule has 2 atom stereocenters. The molecule has 5 rings (SSSR count). The van der Waals surface area contributed by atoms with Crippen LogP contribution in [-0.4, -0.2) is 77.4 Å². The number of piperazine rings is 1. The maximum atomic E-state index is 14.2. The van der Waals surface area contributed by atoms with Crippen molar-refractivity contribution < 1.29 is 24.3 Å². The van der Waals surface area contributed by atoms with Crippen molar-refractivity contribution in [2.45, 2.75) is 59.4 Å². The summed E-state index contributed by atoms with van der Waals surface area (Å²) in [5, 5.41) is 14.0. The Kier molecular flexibility index (Phi) is 10.1. The molecule has 2 aliphatic rings. The number of fused-ring (bicyclic) bond motifs is 1. The molecule has 0 aliphatic carbocycles. The number of amides is 3. The molecule has 1 saturated heterocycles. The van der Waals surface area contributed by atoms with Crippen LogP contribution in [0.15, 0.2) is 60.7 Å². The number of nitrogens with one attached hydrogen (secondary N) is 1. The first-order valence-electron chi connectivity index (χ1n) is 16.1. The predicted molar refractivity (Wildman–Crippen MR) is 184 cm³/mol. The van der Waals surface area contributed by atoms with Crippen LogP contribution < -0.4 is 10.2 Å². The number of hydrogen-bond acceptors (Lipinski definition) is 5. The summed E-state index contributed by atoms with van der Waals surface area (Å²) in [6, 6.07) is 17.1. The van der Waals surface area contributed by atoms with Crippen molar-refractivity contribution in [3.05, 3.63) is 93.5 Å². The largest absolute Gasteiger partial charge is 0.480 e. The molecule has 2 unspecified atom stereocenters. The molecular formula is C37H43ClN4O5. The number of aliphatic carboxylic acids is 1. The lowest BCUT2D eigenvalue weighted by Gasteiger charge is -2.42. The van der Waals surface area contributed by atoms with Gasteiger partial charge in [-0.25, -0.2) is 0 Å². The second-order valence-electron chi connectivity index (χ2n) is 13.6. The van der Waals surface area contributed by atoms with Gasteiger partial charge in [0.25, 0.3) is 11.8 Å². The molecule has 3 amide bonds. The minimum Gasteiger partial charge on any atom is -0.480 e. The highest BCUT2D eigenvalue weighted by Crippen LogP contribution is 2.41. The fourth-order valence-corrected chi connectivity index (χ4v) is 6.95. The van der Waals surface area contributed by atoms with E-state index in [2.05, 4.69) is 5.32 Å². The molecule has 2 N–H and O–H groups in total. The van der Waals surface area contributed by atoms with Crippen LogP contribution in [0.25, 0.3) is 0 Å². The van der Waals surface area contributed by atoms with E-state index < -0.39 is 23.3 Å². The van der Waals surface area contributed by atoms with E-state index in [9.17, 15) is 24.3 Å². The Hall–Kier alpha value is -4.21. The summed E-state index contributed by atoms with van der Waals surface area (Å²) < 4.78 is 0. The Morgan fingerprint density at radius 2 is 1.57 bits per heavy atom. The van der Waals surface area contributed by atoms with Crippen molar-refractivity contribution in [1.82, 2.24) is 9.80 Å². The Balaban J connectivity index is 1.39. The second kappa shape index (κ2) is 13.9. The van der Waals surface area contributed by atoms with Gasteiger partial charge in [-0.05, 0) is 85.8 Å². The number of carbonyl (C=O) groups excluding carboxylic acids is 3. The van der Waals surface area contributed by atoms with Crippen LogP contribution in [0.4, 0.5) is 11.4 Å². The summed E-state index contributed by atoms with van der Waals surface area (Å²) in [7, 11) is 0. The van der Waals surface area contributed by atoms with E-state index in [0.29, 0.717) is 78.7 Å². The van der Waals surface area contributed by atoms with Crippen molar-refractivity contribution in [3.63, 3.8) is 0 Å². The molecule has 47 heavy (non-hydrogen) atoms. The lowest BCUT2D eigenvalue weighted by molar-refractivity contribution is -0.147. The van der Waals surface area contributed by atoms with E-state index in [0.717, 1.165) is 11.1 Å². The first kappa shape index (κ1) is 34.1. The molecule has 3 aromatic rings. The highest BCUT2D eigenvalue weighted by molar-refractivity contribution is 6.30. The van der Waals surface area contributed by atoms with Gasteiger partial charge >= 0.3 is 5.97 Å². The second-order valence-corrected chi connectivity index (χ2v) is 14.0. The normalized spacial score (nSPS) is 17.8. The van der Waals surface area contributed by atoms with Crippen molar-refractivity contribution in [3.8, 4) is 0 Å². The molecule has 0 aromatic heterocycles. The zero-order valence-electron chi connectivity index (χ0n) is 27.7. The molecule has 0 bridgehead atoms. The topological polar surface area (TPSA) is 110 Å². The van der Waals surface area contributed by atoms with Gasteiger partial charge in [-0.15, -0.1) is 0 Å². The average Bonchev–Trinajstić information content (AvgIpc) is 3.20. The Morgan fingerprint density at radius 1 is 0.872 bits per heavy atom. The quantitative estimate of drug-likeness (QED) is 0.318. The van der Waals surface area contributed by atoms with Crippen LogP contribution in [0.2, 0.25) is 5.02 Å². The molecule has 1 fully saturated rings. The third-order valence-electron chi connectivity index (χ3n) is 9.20. The van der Waals surface area contributed by atoms with Gasteiger partial charge < -0.3 is 20.2 Å². The van der Waals surface area contributed by atoms with Gasteiger partial charge in [0, 0.05) is 71.6 Å². The first-order chi connectivity index (χ1) is 22.3. The number of nitrogens with zero attached hydrogens (tertiary/aromatic N) is 3. The SMILES string of the molecule is Cc1ccccc1C(=O)Nc1ccc(C(=O)N2CCCC(C(C(=O)O)N3CCN(C(=O)C(C)(C)C)CC3)c3cc(Cl)ccc32)c(C)c1. The van der Waals surface area contributed by atoms with Crippen molar-refractivity contribution >= 4 is 46.7 Å². The van der Waals surface area contributed by atoms with Crippen molar-refractivity contribution in [2.24, 2.45) is 5.41 Å². The van der Waals surface area contributed by atoms with Crippen LogP contribution in [0.3, 0.4) is 0 Å². The van der Waals surface area contributed by atoms with E-state index in [1.165, 1.54) is 0 Å². The first-order valence-corrected chi connectivity index (χ1v) is 16.5. The standard InChI is InChI=1S/C37H43ClN4O5/c1-23-9-6-7-10-27(23)33(43)39-26-13-14-28(24(2)21-26)34(44)42-16-8-11-29(30-22-25(38)12-15-31(30)42)32(35(45)46)40-17-19-41(20-18-40)36(47)37(3,4)5/h6-7,9-10,12-15,21-22,29,32H,8,11,16-20H2,1-5H3,(H,39,43)(H,45,46). The molecule has 2 heterocycles. The van der Waals surface area contributed by atoms with Crippen LogP contribution in [0, 0.1) is 19.3 Å². The Morgan fingerprint density at radius 3 is 2.21 bits per heavy atom. The minimum absolute atomic E-state index is 0.0572. The van der Waals surface area contributed by atoms with Gasteiger partial charge in [0.15, 0.2) is 0 Å². The summed E-state index contributed by atoms with van der Waals surface area (Å²) in [6.45, 7) is 11.6. The van der Waals surface area contributed by atoms with Gasteiger partial charge in [0.1, 0.15) is 6.04 Å². The van der Waals surface area contributed by atoms with Gasteiger partial charge in [-0.3, -0.25) is 24.1 Å². The molecular weight excluding hydrogens is 616 g/mol. The fraction of sp³-hybridized carbons (Fsp3) is 0.405. The molecule has 0 saturated carbocycles. The van der Waals surface area contributed by atoms with Gasteiger partial charge in [-0.1, -0.05) is 50.6 Å². The van der Waals surface area contributed by atoms with E-state index in [4.69, 9.17) is 11.6 Å². The molecule has 2 aliphatic heterocycles. The van der Waals surface area contributed by atoms with Gasteiger partial charge in [0.05, 0.1) is 0 Å². The summed E-state index contributed by atoms with van der Waals surface area (Å²) in [4.78, 5) is 58.3. The van der Waals surface area contributed by atoms with E-state index in [1.807, 2.05) is 62.6 Å². The maximum Gasteiger partial charge on any atom is 0.321 e. The summed E-state index contributed by atoms with van der Waals surface area (Å²) in [5.74, 6) is -1.72. The Labute approximate surface area is 281 Å². The van der Waals surface area contributed by atoms with E-state index in [-0.39, 0.29) is 17.7 Å². The number of carboxylic acids is 1. The molecule has 9 nitrogen and oxygen atoms in total. The van der Waals surface area contributed by atoms with Crippen LogP contribution in [0.1, 0.15) is 76.9 Å². The fourth-order valence-electron chi connectivity index (χ4n) is 6.77. The molecule has 0 radical (unpaired) electrons. The van der Waals surface area contributed by atoms with Gasteiger partial charge in [0.2, 0.25) is 5.91 Å².